The molecule has 0 bridgehead atoms. The first-order chi connectivity index (χ1) is 16.2. The molecule has 2 aliphatic heterocycles. The fourth-order valence-corrected chi connectivity index (χ4v) is 5.66. The van der Waals surface area contributed by atoms with E-state index in [-0.39, 0.29) is 24.2 Å². The number of aromatic nitrogens is 1. The topological polar surface area (TPSA) is 109 Å². The summed E-state index contributed by atoms with van der Waals surface area (Å²) in [6, 6.07) is 0. The number of hydrogen-bond acceptors (Lipinski definition) is 8. The molecule has 196 valence electrons. The van der Waals surface area contributed by atoms with E-state index in [1.54, 1.807) is 32.1 Å². The third kappa shape index (κ3) is 6.59. The highest BCUT2D eigenvalue weighted by Crippen LogP contribution is 2.45. The van der Waals surface area contributed by atoms with E-state index in [2.05, 4.69) is 4.98 Å². The van der Waals surface area contributed by atoms with Gasteiger partial charge >= 0.3 is 5.97 Å². The van der Waals surface area contributed by atoms with Crippen molar-refractivity contribution in [1.29, 1.82) is 0 Å². The Kier molecular flexibility index (Phi) is 8.62. The molecule has 0 saturated carbocycles. The summed E-state index contributed by atoms with van der Waals surface area (Å²) >= 11 is 1.56. The lowest BCUT2D eigenvalue weighted by atomic mass is 9.73. The first-order valence-corrected chi connectivity index (χ1v) is 13.5. The van der Waals surface area contributed by atoms with Gasteiger partial charge in [0.05, 0.1) is 46.5 Å². The van der Waals surface area contributed by atoms with Gasteiger partial charge in [0.2, 0.25) is 0 Å². The van der Waals surface area contributed by atoms with Gasteiger partial charge in [-0.1, -0.05) is 34.1 Å². The average Bonchev–Trinajstić information content (AvgIpc) is 3.23. The summed E-state index contributed by atoms with van der Waals surface area (Å²) in [7, 11) is 0. The summed E-state index contributed by atoms with van der Waals surface area (Å²) < 4.78 is 11.9. The second-order valence-electron chi connectivity index (χ2n) is 11.3. The number of ether oxygens (including phenoxy) is 2. The van der Waals surface area contributed by atoms with Crippen LogP contribution in [0.3, 0.4) is 0 Å². The molecule has 0 aromatic carbocycles. The van der Waals surface area contributed by atoms with E-state index in [4.69, 9.17) is 9.47 Å². The molecular formula is C27H41NO6S. The first kappa shape index (κ1) is 28.0. The molecule has 35 heavy (non-hydrogen) atoms. The number of fused-ring (bicyclic) bond motifs is 1. The van der Waals surface area contributed by atoms with Crippen molar-refractivity contribution in [2.75, 3.05) is 0 Å². The van der Waals surface area contributed by atoms with Crippen molar-refractivity contribution < 1.29 is 29.3 Å². The Hall–Kier alpha value is -1.61. The number of esters is 1. The Bertz CT molecular complexity index is 955. The Morgan fingerprint density at radius 1 is 1.20 bits per heavy atom. The van der Waals surface area contributed by atoms with Crippen molar-refractivity contribution in [3.05, 3.63) is 21.7 Å². The fraction of sp³-hybridized carbons (Fsp3) is 0.741. The zero-order valence-corrected chi connectivity index (χ0v) is 22.9. The maximum absolute atomic E-state index is 13.2. The highest BCUT2D eigenvalue weighted by molar-refractivity contribution is 7.09. The molecule has 0 spiro atoms. The summed E-state index contributed by atoms with van der Waals surface area (Å²) in [6.07, 6.45) is 2.08. The summed E-state index contributed by atoms with van der Waals surface area (Å²) in [5, 5.41) is 24.6. The molecule has 2 saturated heterocycles. The summed E-state index contributed by atoms with van der Waals surface area (Å²) in [6.45, 7) is 12.8. The molecule has 0 radical (unpaired) electrons. The van der Waals surface area contributed by atoms with Gasteiger partial charge in [-0.15, -0.1) is 11.3 Å². The van der Waals surface area contributed by atoms with Crippen molar-refractivity contribution >= 4 is 29.2 Å². The number of Topliss-reactive ketones (excluding diaryl/α,β-unsaturated/α-hetero) is 1. The lowest BCUT2D eigenvalue weighted by Gasteiger charge is -2.34. The number of aliphatic hydroxyl groups is 2. The van der Waals surface area contributed by atoms with Crippen LogP contribution in [0.25, 0.3) is 6.08 Å². The van der Waals surface area contributed by atoms with Gasteiger partial charge in [-0.05, 0) is 51.2 Å². The number of cyclic esters (lactones) is 1. The van der Waals surface area contributed by atoms with Crippen molar-refractivity contribution in [3.63, 3.8) is 0 Å². The van der Waals surface area contributed by atoms with Crippen molar-refractivity contribution in [2.45, 2.75) is 111 Å². The molecular weight excluding hydrogens is 466 g/mol. The molecule has 0 amide bonds. The number of epoxide rings is 1. The molecule has 2 aliphatic rings. The van der Waals surface area contributed by atoms with Crippen LogP contribution in [0.4, 0.5) is 0 Å². The van der Waals surface area contributed by atoms with Crippen molar-refractivity contribution in [3.8, 4) is 0 Å². The zero-order chi connectivity index (χ0) is 26.1. The standard InChI is InChI=1S/C27H41NO6S/c1-15-9-8-10-22-27(7,34-22)13-20(16(2)11-19-14-35-18(4)28-19)33-23(30)12-21(29)26(5,6)25(32)17(3)24(15)31/h11,14-15,17,20-22,24,29,31H,8-10,12-13H2,1-7H3/t15-,17+,20-,21-,22+,24-,27+/m0/s1. The zero-order valence-electron chi connectivity index (χ0n) is 22.0. The molecule has 7 nitrogen and oxygen atoms in total. The second kappa shape index (κ2) is 10.8. The molecule has 2 fully saturated rings. The van der Waals surface area contributed by atoms with E-state index in [1.807, 2.05) is 39.2 Å². The summed E-state index contributed by atoms with van der Waals surface area (Å²) in [5.41, 5.74) is 0.0686. The van der Waals surface area contributed by atoms with Gasteiger partial charge in [-0.3, -0.25) is 9.59 Å². The van der Waals surface area contributed by atoms with Gasteiger partial charge in [-0.25, -0.2) is 4.98 Å². The van der Waals surface area contributed by atoms with Crippen molar-refractivity contribution in [2.24, 2.45) is 17.3 Å². The molecule has 1 aromatic rings. The highest BCUT2D eigenvalue weighted by Gasteiger charge is 2.53. The van der Waals surface area contributed by atoms with Crippen LogP contribution in [0, 0.1) is 24.2 Å². The Labute approximate surface area is 212 Å². The number of carbonyl (C=O) groups is 2. The molecule has 0 aliphatic carbocycles. The van der Waals surface area contributed by atoms with Crippen LogP contribution in [-0.2, 0) is 19.1 Å². The van der Waals surface area contributed by atoms with Crippen LogP contribution < -0.4 is 0 Å². The maximum Gasteiger partial charge on any atom is 0.309 e. The number of carbonyl (C=O) groups excluding carboxylic acids is 2. The van der Waals surface area contributed by atoms with Gasteiger partial charge in [-0.2, -0.15) is 0 Å². The lowest BCUT2D eigenvalue weighted by molar-refractivity contribution is -0.154. The van der Waals surface area contributed by atoms with Crippen LogP contribution in [0.5, 0.6) is 0 Å². The first-order valence-electron chi connectivity index (χ1n) is 12.6. The minimum atomic E-state index is -1.23. The number of ketones is 1. The van der Waals surface area contributed by atoms with E-state index in [1.165, 1.54) is 0 Å². The van der Waals surface area contributed by atoms with Crippen LogP contribution in [-0.4, -0.2) is 57.0 Å². The monoisotopic (exact) mass is 507 g/mol. The van der Waals surface area contributed by atoms with Crippen LogP contribution >= 0.6 is 11.3 Å². The normalized spacial score (nSPS) is 37.5. The lowest BCUT2D eigenvalue weighted by Crippen LogP contribution is -2.45. The van der Waals surface area contributed by atoms with Crippen LogP contribution in [0.15, 0.2) is 11.0 Å². The largest absolute Gasteiger partial charge is 0.458 e. The van der Waals surface area contributed by atoms with Crippen LogP contribution in [0.1, 0.15) is 84.3 Å². The Balaban J connectivity index is 1.86. The summed E-state index contributed by atoms with van der Waals surface area (Å²) in [4.78, 5) is 30.6. The SMILES string of the molecule is CC(=Cc1csc(C)n1)[C@@H]1C[C@@]2(C)O[C@@H]2CCC[C@H](C)[C@H](O)[C@@H](C)C(=O)C(C)(C)[C@@H](O)CC(=O)O1. The third-order valence-corrected chi connectivity index (χ3v) is 8.67. The van der Waals surface area contributed by atoms with Gasteiger partial charge in [0.15, 0.2) is 0 Å². The number of rotatable bonds is 2. The quantitative estimate of drug-likeness (QED) is 0.449. The third-order valence-electron chi connectivity index (χ3n) is 7.88. The predicted molar refractivity (Wildman–Crippen MR) is 136 cm³/mol. The van der Waals surface area contributed by atoms with Crippen molar-refractivity contribution in [1.82, 2.24) is 4.98 Å². The number of hydrogen-bond donors (Lipinski definition) is 2. The van der Waals surface area contributed by atoms with E-state index in [0.717, 1.165) is 35.5 Å². The highest BCUT2D eigenvalue weighted by atomic mass is 32.1. The smallest absolute Gasteiger partial charge is 0.309 e. The van der Waals surface area contributed by atoms with E-state index >= 15 is 0 Å². The van der Waals surface area contributed by atoms with E-state index < -0.39 is 41.2 Å². The molecule has 3 heterocycles. The molecule has 8 heteroatoms. The van der Waals surface area contributed by atoms with Gasteiger partial charge in [0.1, 0.15) is 11.9 Å². The number of aliphatic hydroxyl groups excluding tert-OH is 2. The number of nitrogens with zero attached hydrogens (tertiary/aromatic N) is 1. The minimum Gasteiger partial charge on any atom is -0.458 e. The molecule has 0 unspecified atom stereocenters. The van der Waals surface area contributed by atoms with Gasteiger partial charge in [0, 0.05) is 17.7 Å². The fourth-order valence-electron chi connectivity index (χ4n) is 5.09. The average molecular weight is 508 g/mol. The Morgan fingerprint density at radius 2 is 1.89 bits per heavy atom. The van der Waals surface area contributed by atoms with Gasteiger partial charge in [0.25, 0.3) is 0 Å². The van der Waals surface area contributed by atoms with Gasteiger partial charge < -0.3 is 19.7 Å². The molecule has 7 atom stereocenters. The second-order valence-corrected chi connectivity index (χ2v) is 12.3. The predicted octanol–water partition coefficient (Wildman–Crippen LogP) is 4.48. The number of thiazole rings is 1. The maximum atomic E-state index is 13.2. The molecule has 3 rings (SSSR count). The summed E-state index contributed by atoms with van der Waals surface area (Å²) in [5.74, 6) is -1.54. The van der Waals surface area contributed by atoms with E-state index in [9.17, 15) is 19.8 Å². The van der Waals surface area contributed by atoms with Crippen LogP contribution in [0.2, 0.25) is 0 Å². The number of aryl methyl sites for hydroxylation is 1. The minimum absolute atomic E-state index is 0.0545. The Morgan fingerprint density at radius 3 is 2.51 bits per heavy atom. The molecule has 1 aromatic heterocycles. The van der Waals surface area contributed by atoms with E-state index in [0.29, 0.717) is 6.42 Å². The molecule has 2 N–H and O–H groups in total.